The predicted octanol–water partition coefficient (Wildman–Crippen LogP) is 2.58. The fraction of sp³-hybridized carbons (Fsp3) is 0.316. The lowest BCUT2D eigenvalue weighted by molar-refractivity contribution is 0.0954. The first-order valence-corrected chi connectivity index (χ1v) is 7.95. The Kier molecular flexibility index (Phi) is 6.51. The van der Waals surface area contributed by atoms with Crippen LogP contribution >= 0.6 is 0 Å². The third-order valence-electron chi connectivity index (χ3n) is 3.86. The number of hydrogen-bond donors (Lipinski definition) is 1. The molecular formula is C19H24N2O4. The topological polar surface area (TPSA) is 60.0 Å². The molecule has 134 valence electrons. The minimum absolute atomic E-state index is 0.194. The van der Waals surface area contributed by atoms with Crippen LogP contribution in [-0.4, -0.2) is 47.4 Å². The number of hydrogen-bond acceptors (Lipinski definition) is 5. The zero-order valence-corrected chi connectivity index (χ0v) is 15.0. The number of amides is 1. The van der Waals surface area contributed by atoms with Crippen molar-refractivity contribution in [2.45, 2.75) is 0 Å². The highest BCUT2D eigenvalue weighted by molar-refractivity contribution is 5.95. The van der Waals surface area contributed by atoms with Gasteiger partial charge in [-0.1, -0.05) is 18.2 Å². The molecule has 1 N–H and O–H groups in total. The van der Waals surface area contributed by atoms with Gasteiger partial charge in [-0.3, -0.25) is 4.79 Å². The number of rotatable bonds is 8. The van der Waals surface area contributed by atoms with E-state index < -0.39 is 0 Å². The number of carbonyl (C=O) groups excluding carboxylic acids is 1. The maximum atomic E-state index is 12.4. The molecule has 1 amide bonds. The molecule has 0 radical (unpaired) electrons. The molecule has 0 atom stereocenters. The number of anilines is 1. The van der Waals surface area contributed by atoms with E-state index in [2.05, 4.69) is 10.2 Å². The van der Waals surface area contributed by atoms with Gasteiger partial charge >= 0.3 is 0 Å². The van der Waals surface area contributed by atoms with Crippen molar-refractivity contribution in [3.63, 3.8) is 0 Å². The summed E-state index contributed by atoms with van der Waals surface area (Å²) in [5.41, 5.74) is 1.56. The minimum Gasteiger partial charge on any atom is -0.493 e. The van der Waals surface area contributed by atoms with Crippen LogP contribution in [0.2, 0.25) is 0 Å². The number of nitrogens with one attached hydrogen (secondary N) is 1. The van der Waals surface area contributed by atoms with Gasteiger partial charge in [0.25, 0.3) is 5.91 Å². The van der Waals surface area contributed by atoms with Crippen molar-refractivity contribution < 1.29 is 19.0 Å². The zero-order valence-electron chi connectivity index (χ0n) is 15.0. The number of benzene rings is 2. The van der Waals surface area contributed by atoms with E-state index in [-0.39, 0.29) is 5.91 Å². The summed E-state index contributed by atoms with van der Waals surface area (Å²) in [7, 11) is 6.56. The molecule has 25 heavy (non-hydrogen) atoms. The van der Waals surface area contributed by atoms with Crippen LogP contribution in [0.5, 0.6) is 17.2 Å². The van der Waals surface area contributed by atoms with Crippen LogP contribution in [-0.2, 0) is 0 Å². The van der Waals surface area contributed by atoms with Crippen molar-refractivity contribution in [2.24, 2.45) is 0 Å². The molecule has 0 aliphatic carbocycles. The molecule has 6 nitrogen and oxygen atoms in total. The second kappa shape index (κ2) is 8.82. The quantitative estimate of drug-likeness (QED) is 0.798. The van der Waals surface area contributed by atoms with E-state index in [0.29, 0.717) is 35.9 Å². The summed E-state index contributed by atoms with van der Waals surface area (Å²) in [6, 6.07) is 13.3. The number of likely N-dealkylation sites (N-methyl/N-ethyl adjacent to an activating group) is 1. The van der Waals surface area contributed by atoms with Gasteiger partial charge in [0.05, 0.1) is 21.3 Å². The second-order valence-corrected chi connectivity index (χ2v) is 5.43. The molecule has 2 aromatic carbocycles. The summed E-state index contributed by atoms with van der Waals surface area (Å²) in [5.74, 6) is 1.17. The Morgan fingerprint density at radius 3 is 2.12 bits per heavy atom. The summed E-state index contributed by atoms with van der Waals surface area (Å²) in [4.78, 5) is 14.5. The van der Waals surface area contributed by atoms with E-state index in [4.69, 9.17) is 14.2 Å². The Morgan fingerprint density at radius 2 is 1.60 bits per heavy atom. The monoisotopic (exact) mass is 344 g/mol. The fourth-order valence-electron chi connectivity index (χ4n) is 2.46. The third kappa shape index (κ3) is 4.56. The summed E-state index contributed by atoms with van der Waals surface area (Å²) in [6.07, 6.45) is 0. The van der Waals surface area contributed by atoms with Gasteiger partial charge in [-0.15, -0.1) is 0 Å². The first kappa shape index (κ1) is 18.4. The average molecular weight is 344 g/mol. The van der Waals surface area contributed by atoms with Gasteiger partial charge in [0.1, 0.15) is 0 Å². The van der Waals surface area contributed by atoms with E-state index in [1.54, 1.807) is 12.1 Å². The van der Waals surface area contributed by atoms with E-state index in [1.165, 1.54) is 21.3 Å². The summed E-state index contributed by atoms with van der Waals surface area (Å²) in [6.45, 7) is 1.21. The first-order chi connectivity index (χ1) is 12.1. The lowest BCUT2D eigenvalue weighted by Gasteiger charge is -2.19. The van der Waals surface area contributed by atoms with E-state index >= 15 is 0 Å². The second-order valence-electron chi connectivity index (χ2n) is 5.43. The maximum absolute atomic E-state index is 12.4. The molecule has 0 aromatic heterocycles. The Labute approximate surface area is 148 Å². The van der Waals surface area contributed by atoms with E-state index in [1.807, 2.05) is 37.4 Å². The highest BCUT2D eigenvalue weighted by atomic mass is 16.5. The lowest BCUT2D eigenvalue weighted by Crippen LogP contribution is -2.33. The highest BCUT2D eigenvalue weighted by Crippen LogP contribution is 2.38. The van der Waals surface area contributed by atoms with Gasteiger partial charge in [-0.2, -0.15) is 0 Å². The molecule has 2 aromatic rings. The number of para-hydroxylation sites is 1. The number of nitrogens with zero attached hydrogens (tertiary/aromatic N) is 1. The normalized spacial score (nSPS) is 10.1. The van der Waals surface area contributed by atoms with Crippen LogP contribution in [0.4, 0.5) is 5.69 Å². The molecule has 0 bridgehead atoms. The van der Waals surface area contributed by atoms with Crippen molar-refractivity contribution in [1.29, 1.82) is 0 Å². The minimum atomic E-state index is -0.194. The average Bonchev–Trinajstić information content (AvgIpc) is 2.67. The molecular weight excluding hydrogens is 320 g/mol. The highest BCUT2D eigenvalue weighted by Gasteiger charge is 2.16. The molecule has 0 aliphatic rings. The fourth-order valence-corrected chi connectivity index (χ4v) is 2.46. The summed E-state index contributed by atoms with van der Waals surface area (Å²) >= 11 is 0. The smallest absolute Gasteiger partial charge is 0.251 e. The van der Waals surface area contributed by atoms with Gasteiger partial charge in [0, 0.05) is 31.4 Å². The molecule has 0 saturated heterocycles. The number of methoxy groups -OCH3 is 3. The molecule has 6 heteroatoms. The van der Waals surface area contributed by atoms with Crippen molar-refractivity contribution in [2.75, 3.05) is 46.4 Å². The van der Waals surface area contributed by atoms with Crippen molar-refractivity contribution in [3.05, 3.63) is 48.0 Å². The standard InChI is InChI=1S/C19H24N2O4/c1-21(15-8-6-5-7-9-15)11-10-20-19(22)14-12-16(23-2)18(25-4)17(13-14)24-3/h5-9,12-13H,10-11H2,1-4H3,(H,20,22). The molecule has 2 rings (SSSR count). The summed E-state index contributed by atoms with van der Waals surface area (Å²) in [5, 5.41) is 2.91. The molecule has 0 unspecified atom stereocenters. The Morgan fingerprint density at radius 1 is 1.00 bits per heavy atom. The van der Waals surface area contributed by atoms with Crippen LogP contribution < -0.4 is 24.4 Å². The molecule has 0 aliphatic heterocycles. The van der Waals surface area contributed by atoms with Gasteiger partial charge < -0.3 is 24.4 Å². The Bertz CT molecular complexity index is 679. The number of ether oxygens (including phenoxy) is 3. The van der Waals surface area contributed by atoms with Gasteiger partial charge in [0.15, 0.2) is 11.5 Å². The van der Waals surface area contributed by atoms with Crippen LogP contribution in [0.1, 0.15) is 10.4 Å². The largest absolute Gasteiger partial charge is 0.493 e. The molecule has 0 heterocycles. The molecule has 0 fully saturated rings. The van der Waals surface area contributed by atoms with E-state index in [0.717, 1.165) is 5.69 Å². The SMILES string of the molecule is COc1cc(C(=O)NCCN(C)c2ccccc2)cc(OC)c1OC. The van der Waals surface area contributed by atoms with Crippen molar-refractivity contribution in [1.82, 2.24) is 5.32 Å². The Hall–Kier alpha value is -2.89. The van der Waals surface area contributed by atoms with Gasteiger partial charge in [0.2, 0.25) is 5.75 Å². The zero-order chi connectivity index (χ0) is 18.2. The van der Waals surface area contributed by atoms with Gasteiger partial charge in [-0.25, -0.2) is 0 Å². The summed E-state index contributed by atoms with van der Waals surface area (Å²) < 4.78 is 15.8. The van der Waals surface area contributed by atoms with Gasteiger partial charge in [-0.05, 0) is 24.3 Å². The first-order valence-electron chi connectivity index (χ1n) is 7.95. The number of carbonyl (C=O) groups is 1. The van der Waals surface area contributed by atoms with Crippen LogP contribution in [0.3, 0.4) is 0 Å². The predicted molar refractivity (Wildman–Crippen MR) is 98.1 cm³/mol. The van der Waals surface area contributed by atoms with Crippen molar-refractivity contribution in [3.8, 4) is 17.2 Å². The Balaban J connectivity index is 2.01. The lowest BCUT2D eigenvalue weighted by atomic mass is 10.1. The van der Waals surface area contributed by atoms with E-state index in [9.17, 15) is 4.79 Å². The molecule has 0 saturated carbocycles. The third-order valence-corrected chi connectivity index (χ3v) is 3.86. The van der Waals surface area contributed by atoms with Crippen LogP contribution in [0.25, 0.3) is 0 Å². The molecule has 0 spiro atoms. The maximum Gasteiger partial charge on any atom is 0.251 e. The van der Waals surface area contributed by atoms with Crippen molar-refractivity contribution >= 4 is 11.6 Å². The van der Waals surface area contributed by atoms with Crippen LogP contribution in [0, 0.1) is 0 Å². The van der Waals surface area contributed by atoms with Crippen LogP contribution in [0.15, 0.2) is 42.5 Å².